The van der Waals surface area contributed by atoms with E-state index in [0.717, 1.165) is 0 Å². The highest BCUT2D eigenvalue weighted by Crippen LogP contribution is 2.22. The Bertz CT molecular complexity index is 406. The van der Waals surface area contributed by atoms with Crippen molar-refractivity contribution in [1.29, 1.82) is 0 Å². The van der Waals surface area contributed by atoms with Crippen molar-refractivity contribution >= 4 is 29.3 Å². The molecule has 5 nitrogen and oxygen atoms in total. The number of urea groups is 1. The van der Waals surface area contributed by atoms with Gasteiger partial charge in [0.05, 0.1) is 16.3 Å². The van der Waals surface area contributed by atoms with Crippen LogP contribution < -0.4 is 10.6 Å². The Balaban J connectivity index is 3.00. The highest BCUT2D eigenvalue weighted by molar-refractivity contribution is 6.33. The summed E-state index contributed by atoms with van der Waals surface area (Å²) in [6, 6.07) is 3.61. The average molecular weight is 229 g/mol. The lowest BCUT2D eigenvalue weighted by atomic mass is 10.2. The third kappa shape index (κ3) is 2.85. The number of anilines is 1. The molecule has 0 spiro atoms. The molecule has 6 heteroatoms. The molecule has 0 radical (unpaired) electrons. The normalized spacial score (nSPS) is 9.47. The number of carboxylic acid groups (broad SMARTS) is 1. The van der Waals surface area contributed by atoms with Gasteiger partial charge < -0.3 is 15.7 Å². The largest absolute Gasteiger partial charge is 0.478 e. The highest BCUT2D eigenvalue weighted by atomic mass is 35.5. The lowest BCUT2D eigenvalue weighted by molar-refractivity contribution is 0.0697. The van der Waals surface area contributed by atoms with Crippen LogP contribution >= 0.6 is 11.6 Å². The van der Waals surface area contributed by atoms with Gasteiger partial charge in [0.15, 0.2) is 0 Å². The second-order valence-corrected chi connectivity index (χ2v) is 3.11. The number of benzene rings is 1. The zero-order valence-corrected chi connectivity index (χ0v) is 8.63. The van der Waals surface area contributed by atoms with Crippen molar-refractivity contribution < 1.29 is 14.7 Å². The first-order valence-electron chi connectivity index (χ1n) is 4.06. The molecule has 1 aromatic carbocycles. The number of nitrogens with one attached hydrogen (secondary N) is 2. The Kier molecular flexibility index (Phi) is 3.51. The minimum Gasteiger partial charge on any atom is -0.478 e. The number of carbonyl (C=O) groups is 2. The molecule has 1 aromatic rings. The second kappa shape index (κ2) is 4.65. The molecule has 15 heavy (non-hydrogen) atoms. The van der Waals surface area contributed by atoms with Gasteiger partial charge in [0.2, 0.25) is 0 Å². The predicted molar refractivity (Wildman–Crippen MR) is 56.5 cm³/mol. The van der Waals surface area contributed by atoms with Crippen LogP contribution in [0.1, 0.15) is 10.4 Å². The van der Waals surface area contributed by atoms with Crippen molar-refractivity contribution in [1.82, 2.24) is 5.32 Å². The molecule has 1 rings (SSSR count). The Morgan fingerprint density at radius 3 is 2.60 bits per heavy atom. The molecule has 0 unspecified atom stereocenters. The van der Waals surface area contributed by atoms with Crippen LogP contribution in [0, 0.1) is 0 Å². The minimum atomic E-state index is -1.08. The smallest absolute Gasteiger partial charge is 0.335 e. The van der Waals surface area contributed by atoms with Crippen LogP contribution in [-0.4, -0.2) is 24.2 Å². The maximum absolute atomic E-state index is 11.0. The summed E-state index contributed by atoms with van der Waals surface area (Å²) in [4.78, 5) is 21.6. The van der Waals surface area contributed by atoms with Crippen LogP contribution in [0.25, 0.3) is 0 Å². The maximum atomic E-state index is 11.0. The highest BCUT2D eigenvalue weighted by Gasteiger charge is 2.08. The van der Waals surface area contributed by atoms with E-state index in [4.69, 9.17) is 16.7 Å². The van der Waals surface area contributed by atoms with Gasteiger partial charge in [-0.25, -0.2) is 9.59 Å². The zero-order chi connectivity index (χ0) is 11.4. The first-order chi connectivity index (χ1) is 7.04. The van der Waals surface area contributed by atoms with Crippen molar-refractivity contribution in [2.75, 3.05) is 12.4 Å². The second-order valence-electron chi connectivity index (χ2n) is 2.70. The summed E-state index contributed by atoms with van der Waals surface area (Å²) in [7, 11) is 1.45. The van der Waals surface area contributed by atoms with Gasteiger partial charge in [-0.05, 0) is 18.2 Å². The third-order valence-corrected chi connectivity index (χ3v) is 2.02. The molecular formula is C9H9ClN2O3. The summed E-state index contributed by atoms with van der Waals surface area (Å²) in [5.41, 5.74) is 0.321. The Hall–Kier alpha value is -1.75. The summed E-state index contributed by atoms with van der Waals surface area (Å²) < 4.78 is 0. The number of aromatic carboxylic acids is 1. The number of amides is 2. The van der Waals surface area contributed by atoms with E-state index in [1.54, 1.807) is 0 Å². The fourth-order valence-electron chi connectivity index (χ4n) is 0.939. The summed E-state index contributed by atoms with van der Waals surface area (Å²) >= 11 is 5.77. The third-order valence-electron chi connectivity index (χ3n) is 1.69. The van der Waals surface area contributed by atoms with Gasteiger partial charge in [-0.15, -0.1) is 0 Å². The minimum absolute atomic E-state index is 0.0609. The maximum Gasteiger partial charge on any atom is 0.335 e. The molecule has 0 aliphatic heterocycles. The predicted octanol–water partition coefficient (Wildman–Crippen LogP) is 1.79. The number of hydrogen-bond donors (Lipinski definition) is 3. The summed E-state index contributed by atoms with van der Waals surface area (Å²) in [5.74, 6) is -1.08. The lowest BCUT2D eigenvalue weighted by Gasteiger charge is -2.07. The van der Waals surface area contributed by atoms with Crippen LogP contribution in [0.15, 0.2) is 18.2 Å². The SMILES string of the molecule is CNC(=O)Nc1cc(C(=O)O)ccc1Cl. The molecule has 2 amide bonds. The summed E-state index contributed by atoms with van der Waals surface area (Å²) in [5, 5.41) is 13.7. The van der Waals surface area contributed by atoms with E-state index in [0.29, 0.717) is 0 Å². The summed E-state index contributed by atoms with van der Waals surface area (Å²) in [6.07, 6.45) is 0. The fraction of sp³-hybridized carbons (Fsp3) is 0.111. The summed E-state index contributed by atoms with van der Waals surface area (Å²) in [6.45, 7) is 0. The molecule has 0 aromatic heterocycles. The van der Waals surface area contributed by atoms with E-state index in [2.05, 4.69) is 10.6 Å². The van der Waals surface area contributed by atoms with Crippen molar-refractivity contribution in [2.45, 2.75) is 0 Å². The molecule has 0 saturated heterocycles. The van der Waals surface area contributed by atoms with E-state index >= 15 is 0 Å². The number of carbonyl (C=O) groups excluding carboxylic acids is 1. The van der Waals surface area contributed by atoms with Crippen LogP contribution in [0.5, 0.6) is 0 Å². The quantitative estimate of drug-likeness (QED) is 0.722. The molecular weight excluding hydrogens is 220 g/mol. The van der Waals surface area contributed by atoms with Crippen LogP contribution in [0.2, 0.25) is 5.02 Å². The van der Waals surface area contributed by atoms with Gasteiger partial charge in [0.25, 0.3) is 0 Å². The van der Waals surface area contributed by atoms with Crippen LogP contribution in [0.4, 0.5) is 10.5 Å². The van der Waals surface area contributed by atoms with Gasteiger partial charge in [-0.2, -0.15) is 0 Å². The number of halogens is 1. The number of carboxylic acids is 1. The van der Waals surface area contributed by atoms with Gasteiger partial charge in [-0.1, -0.05) is 11.6 Å². The van der Waals surface area contributed by atoms with Crippen molar-refractivity contribution in [3.8, 4) is 0 Å². The Labute approximate surface area is 91.0 Å². The van der Waals surface area contributed by atoms with Crippen molar-refractivity contribution in [3.05, 3.63) is 28.8 Å². The lowest BCUT2D eigenvalue weighted by Crippen LogP contribution is -2.24. The molecule has 0 atom stereocenters. The van der Waals surface area contributed by atoms with E-state index < -0.39 is 12.0 Å². The van der Waals surface area contributed by atoms with Crippen LogP contribution in [-0.2, 0) is 0 Å². The molecule has 0 aliphatic carbocycles. The van der Waals surface area contributed by atoms with Crippen molar-refractivity contribution in [3.63, 3.8) is 0 Å². The van der Waals surface area contributed by atoms with Crippen molar-refractivity contribution in [2.24, 2.45) is 0 Å². The molecule has 80 valence electrons. The Morgan fingerprint density at radius 1 is 1.40 bits per heavy atom. The van der Waals surface area contributed by atoms with Gasteiger partial charge >= 0.3 is 12.0 Å². The standard InChI is InChI=1S/C9H9ClN2O3/c1-11-9(15)12-7-4-5(8(13)14)2-3-6(7)10/h2-4H,1H3,(H,13,14)(H2,11,12,15). The molecule has 3 N–H and O–H groups in total. The molecule has 0 bridgehead atoms. The first kappa shape index (κ1) is 11.3. The van der Waals surface area contributed by atoms with E-state index in [-0.39, 0.29) is 16.3 Å². The Morgan fingerprint density at radius 2 is 2.07 bits per heavy atom. The first-order valence-corrected chi connectivity index (χ1v) is 4.44. The van der Waals surface area contributed by atoms with E-state index in [1.807, 2.05) is 0 Å². The van der Waals surface area contributed by atoms with Gasteiger partial charge in [0.1, 0.15) is 0 Å². The monoisotopic (exact) mass is 228 g/mol. The number of hydrogen-bond acceptors (Lipinski definition) is 2. The van der Waals surface area contributed by atoms with E-state index in [9.17, 15) is 9.59 Å². The average Bonchev–Trinajstić information content (AvgIpc) is 2.20. The topological polar surface area (TPSA) is 78.4 Å². The fourth-order valence-corrected chi connectivity index (χ4v) is 1.10. The molecule has 0 saturated carbocycles. The number of rotatable bonds is 2. The zero-order valence-electron chi connectivity index (χ0n) is 7.87. The molecule has 0 heterocycles. The van der Waals surface area contributed by atoms with Gasteiger partial charge in [0, 0.05) is 7.05 Å². The van der Waals surface area contributed by atoms with Crippen LogP contribution in [0.3, 0.4) is 0 Å². The molecule has 0 aliphatic rings. The van der Waals surface area contributed by atoms with Gasteiger partial charge in [-0.3, -0.25) is 0 Å². The van der Waals surface area contributed by atoms with E-state index in [1.165, 1.54) is 25.2 Å². The molecule has 0 fully saturated rings.